The van der Waals surface area contributed by atoms with Crippen molar-refractivity contribution in [1.82, 2.24) is 4.31 Å². The van der Waals surface area contributed by atoms with E-state index in [9.17, 15) is 13.2 Å². The monoisotopic (exact) mass is 635 g/mol. The van der Waals surface area contributed by atoms with Crippen LogP contribution in [-0.2, 0) is 10.0 Å². The zero-order valence-corrected chi connectivity index (χ0v) is 28.6. The fourth-order valence-corrected chi connectivity index (χ4v) is 23.1. The number of sulfonamides is 1. The van der Waals surface area contributed by atoms with Crippen LogP contribution in [0.2, 0.25) is 38.1 Å². The Morgan fingerprint density at radius 3 is 1.71 bits per heavy atom. The summed E-state index contributed by atoms with van der Waals surface area (Å²) in [5.41, 5.74) is 7.57. The molecule has 0 atom stereocenters. The molecule has 0 aliphatic carbocycles. The van der Waals surface area contributed by atoms with Crippen LogP contribution in [0, 0.1) is 20.6 Å². The van der Waals surface area contributed by atoms with Crippen molar-refractivity contribution in [1.29, 1.82) is 0 Å². The van der Waals surface area contributed by atoms with E-state index in [1.807, 2.05) is 0 Å². The molecule has 0 unspecified atom stereocenters. The molecule has 35 heavy (non-hydrogen) atoms. The van der Waals surface area contributed by atoms with Gasteiger partial charge < -0.3 is 0 Å². The number of amides is 1. The average Bonchev–Trinajstić information content (AvgIpc) is 3.07. The van der Waals surface area contributed by atoms with Gasteiger partial charge in [0.05, 0.1) is 0 Å². The van der Waals surface area contributed by atoms with Crippen molar-refractivity contribution in [2.24, 2.45) is 0 Å². The molecule has 2 rings (SSSR count). The van der Waals surface area contributed by atoms with Crippen LogP contribution < -0.4 is 0 Å². The van der Waals surface area contributed by atoms with E-state index < -0.39 is 50.5 Å². The van der Waals surface area contributed by atoms with Crippen LogP contribution >= 0.6 is 0 Å². The van der Waals surface area contributed by atoms with E-state index in [1.165, 1.54) is 6.07 Å². The molecular weight excluding hydrogens is 592 g/mol. The van der Waals surface area contributed by atoms with Gasteiger partial charge in [-0.1, -0.05) is 0 Å². The summed E-state index contributed by atoms with van der Waals surface area (Å²) in [4.78, 5) is 13.1. The maximum absolute atomic E-state index is 13.2. The van der Waals surface area contributed by atoms with Crippen LogP contribution in [0.1, 0.15) is 51.9 Å². The summed E-state index contributed by atoms with van der Waals surface area (Å²) in [6, 6.07) is 6.42. The summed E-state index contributed by atoms with van der Waals surface area (Å²) in [7, 11) is -6.61. The van der Waals surface area contributed by atoms with Crippen LogP contribution in [0.3, 0.4) is 0 Å². The number of nitrogens with zero attached hydrogens (tertiary/aromatic N) is 1. The average molecular weight is 633 g/mol. The van der Waals surface area contributed by atoms with Crippen molar-refractivity contribution in [2.75, 3.05) is 6.54 Å². The quantitative estimate of drug-likeness (QED) is 0.241. The molecule has 0 spiro atoms. The van der Waals surface area contributed by atoms with Crippen LogP contribution in [0.15, 0.2) is 40.9 Å². The van der Waals surface area contributed by atoms with Gasteiger partial charge in [-0.05, 0) is 0 Å². The van der Waals surface area contributed by atoms with Crippen molar-refractivity contribution in [3.63, 3.8) is 0 Å². The standard InChI is InChI=1S/C27H41Ge2NO3SSi/c1-9-28(10-2,11-3)19-21-35(8,22-20-29(12-4,13-5)14-6)24(7)23-30-27(31)25-17-15-16-18-26(25)34(30,32)33/h15-18H,7,9-14,23H2,1-6,8H3. The third-order valence-corrected chi connectivity index (χ3v) is 33.6. The molecule has 1 aliphatic heterocycles. The molecular formula is C27H41Ge2NO3SSi. The number of hydrogen-bond donors (Lipinski definition) is 0. The van der Waals surface area contributed by atoms with Crippen LogP contribution in [0.5, 0.6) is 0 Å². The summed E-state index contributed by atoms with van der Waals surface area (Å²) in [5, 5.41) is 7.54. The fourth-order valence-electron chi connectivity index (χ4n) is 4.47. The molecule has 1 heterocycles. The van der Waals surface area contributed by atoms with Crippen molar-refractivity contribution in [3.05, 3.63) is 41.6 Å². The number of benzene rings is 1. The Bertz CT molecular complexity index is 1140. The molecule has 0 radical (unpaired) electrons. The van der Waals surface area contributed by atoms with Gasteiger partial charge in [0.1, 0.15) is 0 Å². The van der Waals surface area contributed by atoms with Crippen LogP contribution in [-0.4, -0.2) is 59.8 Å². The molecule has 0 saturated carbocycles. The number of fused-ring (bicyclic) bond motifs is 1. The molecule has 0 aromatic heterocycles. The SMILES string of the molecule is C=C(CN1C(=O)c2ccccc2S1(=O)=O)[Si](C)(C#[C][Ge]([CH2]C)([CH2]C)[CH2]C)C#[C][Ge]([CH2]C)([CH2]C)[CH2]C. The summed E-state index contributed by atoms with van der Waals surface area (Å²) < 4.78 is 34.9. The van der Waals surface area contributed by atoms with Crippen molar-refractivity contribution >= 4 is 50.5 Å². The molecule has 8 heteroatoms. The van der Waals surface area contributed by atoms with E-state index in [0.717, 1.165) is 35.8 Å². The Morgan fingerprint density at radius 2 is 1.31 bits per heavy atom. The fraction of sp³-hybridized carbons (Fsp3) is 0.519. The second-order valence-corrected chi connectivity index (χ2v) is 35.7. The van der Waals surface area contributed by atoms with Gasteiger partial charge in [-0.15, -0.1) is 0 Å². The van der Waals surface area contributed by atoms with Gasteiger partial charge in [0.25, 0.3) is 0 Å². The van der Waals surface area contributed by atoms with Crippen molar-refractivity contribution in [3.8, 4) is 20.6 Å². The first-order chi connectivity index (χ1) is 16.4. The maximum atomic E-state index is 13.2. The second kappa shape index (κ2) is 11.9. The summed E-state index contributed by atoms with van der Waals surface area (Å²) >= 11 is -4.61. The Balaban J connectivity index is 2.58. The summed E-state index contributed by atoms with van der Waals surface area (Å²) in [6.45, 7) is 19.9. The van der Waals surface area contributed by atoms with E-state index >= 15 is 0 Å². The second-order valence-electron chi connectivity index (χ2n) is 9.72. The first kappa shape index (κ1) is 30.0. The van der Waals surface area contributed by atoms with E-state index in [0.29, 0.717) is 5.20 Å². The van der Waals surface area contributed by atoms with E-state index in [-0.39, 0.29) is 17.0 Å². The number of hydrogen-bond acceptors (Lipinski definition) is 3. The predicted octanol–water partition coefficient (Wildman–Crippen LogP) is 6.19. The van der Waals surface area contributed by atoms with Crippen molar-refractivity contribution < 1.29 is 13.2 Å². The number of carbonyl (C=O) groups is 1. The molecule has 190 valence electrons. The molecule has 1 amide bonds. The van der Waals surface area contributed by atoms with E-state index in [1.54, 1.807) is 18.2 Å². The number of rotatable bonds is 9. The topological polar surface area (TPSA) is 54.5 Å². The Kier molecular flexibility index (Phi) is 10.2. The summed E-state index contributed by atoms with van der Waals surface area (Å²) in [6.07, 6.45) is 0. The minimum absolute atomic E-state index is 0.0450. The molecule has 4 nitrogen and oxygen atoms in total. The summed E-state index contributed by atoms with van der Waals surface area (Å²) in [5.74, 6) is -0.482. The predicted molar refractivity (Wildman–Crippen MR) is 155 cm³/mol. The van der Waals surface area contributed by atoms with Gasteiger partial charge in [-0.2, -0.15) is 0 Å². The molecule has 1 aromatic carbocycles. The third kappa shape index (κ3) is 6.04. The normalized spacial score (nSPS) is 15.1. The molecule has 0 bridgehead atoms. The van der Waals surface area contributed by atoms with Gasteiger partial charge in [-0.3, -0.25) is 0 Å². The van der Waals surface area contributed by atoms with Gasteiger partial charge in [0.15, 0.2) is 0 Å². The van der Waals surface area contributed by atoms with Crippen molar-refractivity contribution in [2.45, 2.75) is 84.5 Å². The van der Waals surface area contributed by atoms with Gasteiger partial charge >= 0.3 is 221 Å². The van der Waals surface area contributed by atoms with Gasteiger partial charge in [0.2, 0.25) is 0 Å². The molecule has 1 aliphatic rings. The molecule has 0 fully saturated rings. The van der Waals surface area contributed by atoms with Crippen LogP contribution in [0.4, 0.5) is 0 Å². The van der Waals surface area contributed by atoms with E-state index in [4.69, 9.17) is 0 Å². The van der Waals surface area contributed by atoms with E-state index in [2.05, 4.69) is 75.3 Å². The Morgan fingerprint density at radius 1 is 0.886 bits per heavy atom. The molecule has 0 saturated heterocycles. The van der Waals surface area contributed by atoms with Crippen LogP contribution in [0.25, 0.3) is 0 Å². The zero-order valence-electron chi connectivity index (χ0n) is 22.5. The Hall–Kier alpha value is -1.20. The zero-order chi connectivity index (χ0) is 26.5. The van der Waals surface area contributed by atoms with Gasteiger partial charge in [-0.25, -0.2) is 0 Å². The minimum atomic E-state index is -3.89. The number of carbonyl (C=O) groups excluding carboxylic acids is 1. The third-order valence-electron chi connectivity index (χ3n) is 8.17. The molecule has 1 aromatic rings. The molecule has 0 N–H and O–H groups in total. The van der Waals surface area contributed by atoms with Gasteiger partial charge in [0, 0.05) is 0 Å². The first-order valence-corrected chi connectivity index (χ1v) is 27.8. The Labute approximate surface area is 220 Å². The first-order valence-electron chi connectivity index (χ1n) is 12.9.